The molecule has 5 heteroatoms. The number of amides is 1. The highest BCUT2D eigenvalue weighted by Crippen LogP contribution is 2.29. The Bertz CT molecular complexity index is 416. The van der Waals surface area contributed by atoms with E-state index >= 15 is 0 Å². The summed E-state index contributed by atoms with van der Waals surface area (Å²) >= 11 is 0. The van der Waals surface area contributed by atoms with Crippen LogP contribution in [0.3, 0.4) is 0 Å². The molecule has 2 N–H and O–H groups in total. The Labute approximate surface area is 94.7 Å². The minimum Gasteiger partial charge on any atom is -0.382 e. The van der Waals surface area contributed by atoms with E-state index in [1.807, 2.05) is 4.90 Å². The van der Waals surface area contributed by atoms with E-state index in [-0.39, 0.29) is 17.1 Å². The summed E-state index contributed by atoms with van der Waals surface area (Å²) in [4.78, 5) is 21.7. The Morgan fingerprint density at radius 2 is 2.25 bits per heavy atom. The van der Waals surface area contributed by atoms with Gasteiger partial charge in [0.05, 0.1) is 12.4 Å². The second-order valence-electron chi connectivity index (χ2n) is 4.97. The molecule has 0 atom stereocenters. The molecule has 1 aliphatic heterocycles. The highest BCUT2D eigenvalue weighted by molar-refractivity contribution is 5.92. The standard InChI is InChI=1S/C11H16N4O/c1-11(2)3-4-15(7-11)10(16)8-5-13-6-9(12)14-8/h5-6H,3-4,7H2,1-2H3,(H2,12,14). The van der Waals surface area contributed by atoms with Crippen molar-refractivity contribution in [2.24, 2.45) is 5.41 Å². The molecule has 1 aromatic rings. The fraction of sp³-hybridized carbons (Fsp3) is 0.545. The Morgan fingerprint density at radius 3 is 2.81 bits per heavy atom. The number of hydrogen-bond donors (Lipinski definition) is 1. The van der Waals surface area contributed by atoms with Gasteiger partial charge in [0.25, 0.3) is 5.91 Å². The van der Waals surface area contributed by atoms with Gasteiger partial charge in [-0.25, -0.2) is 4.98 Å². The van der Waals surface area contributed by atoms with Gasteiger partial charge >= 0.3 is 0 Å². The molecular formula is C11H16N4O. The van der Waals surface area contributed by atoms with Crippen molar-refractivity contribution in [2.75, 3.05) is 18.8 Å². The summed E-state index contributed by atoms with van der Waals surface area (Å²) in [5, 5.41) is 0. The zero-order valence-corrected chi connectivity index (χ0v) is 9.60. The van der Waals surface area contributed by atoms with Crippen LogP contribution in [0.1, 0.15) is 30.8 Å². The molecule has 1 aromatic heterocycles. The van der Waals surface area contributed by atoms with Crippen molar-refractivity contribution in [1.29, 1.82) is 0 Å². The third-order valence-electron chi connectivity index (χ3n) is 2.84. The fourth-order valence-corrected chi connectivity index (χ4v) is 1.93. The van der Waals surface area contributed by atoms with Crippen molar-refractivity contribution < 1.29 is 4.79 Å². The van der Waals surface area contributed by atoms with Crippen molar-refractivity contribution in [3.05, 3.63) is 18.1 Å². The van der Waals surface area contributed by atoms with Gasteiger partial charge in [-0.1, -0.05) is 13.8 Å². The van der Waals surface area contributed by atoms with Crippen LogP contribution in [-0.2, 0) is 0 Å². The highest BCUT2D eigenvalue weighted by Gasteiger charge is 2.32. The lowest BCUT2D eigenvalue weighted by Gasteiger charge is -2.19. The van der Waals surface area contributed by atoms with E-state index in [9.17, 15) is 4.79 Å². The maximum Gasteiger partial charge on any atom is 0.274 e. The van der Waals surface area contributed by atoms with Crippen LogP contribution in [0.25, 0.3) is 0 Å². The first-order valence-electron chi connectivity index (χ1n) is 5.35. The molecule has 0 spiro atoms. The van der Waals surface area contributed by atoms with Crippen molar-refractivity contribution in [1.82, 2.24) is 14.9 Å². The molecule has 0 bridgehead atoms. The Balaban J connectivity index is 2.15. The van der Waals surface area contributed by atoms with Crippen molar-refractivity contribution in [3.8, 4) is 0 Å². The van der Waals surface area contributed by atoms with E-state index in [0.717, 1.165) is 19.5 Å². The van der Waals surface area contributed by atoms with E-state index in [0.29, 0.717) is 5.69 Å². The molecule has 2 heterocycles. The summed E-state index contributed by atoms with van der Waals surface area (Å²) in [6.07, 6.45) is 3.92. The van der Waals surface area contributed by atoms with Gasteiger partial charge in [0.15, 0.2) is 0 Å². The lowest BCUT2D eigenvalue weighted by atomic mass is 9.93. The molecule has 86 valence electrons. The SMILES string of the molecule is CC1(C)CCN(C(=O)c2cncc(N)n2)C1. The van der Waals surface area contributed by atoms with E-state index in [1.54, 1.807) is 0 Å². The molecule has 1 aliphatic rings. The summed E-state index contributed by atoms with van der Waals surface area (Å²) in [5.74, 6) is 0.203. The van der Waals surface area contributed by atoms with Crippen LogP contribution in [0.4, 0.5) is 5.82 Å². The maximum absolute atomic E-state index is 12.1. The third-order valence-corrected chi connectivity index (χ3v) is 2.84. The Morgan fingerprint density at radius 1 is 1.50 bits per heavy atom. The summed E-state index contributed by atoms with van der Waals surface area (Å²) < 4.78 is 0. The lowest BCUT2D eigenvalue weighted by Crippen LogP contribution is -2.31. The zero-order chi connectivity index (χ0) is 11.8. The van der Waals surface area contributed by atoms with Gasteiger partial charge in [-0.05, 0) is 11.8 Å². The number of likely N-dealkylation sites (tertiary alicyclic amines) is 1. The maximum atomic E-state index is 12.1. The van der Waals surface area contributed by atoms with Crippen LogP contribution >= 0.6 is 0 Å². The number of aromatic nitrogens is 2. The lowest BCUT2D eigenvalue weighted by molar-refractivity contribution is 0.0772. The first kappa shape index (κ1) is 10.9. The van der Waals surface area contributed by atoms with Crippen LogP contribution in [0.5, 0.6) is 0 Å². The Hall–Kier alpha value is -1.65. The number of nitrogens with two attached hydrogens (primary N) is 1. The van der Waals surface area contributed by atoms with Gasteiger partial charge in [-0.15, -0.1) is 0 Å². The van der Waals surface area contributed by atoms with Gasteiger partial charge in [0.1, 0.15) is 11.5 Å². The van der Waals surface area contributed by atoms with Gasteiger partial charge < -0.3 is 10.6 Å². The van der Waals surface area contributed by atoms with Crippen LogP contribution in [-0.4, -0.2) is 33.9 Å². The number of rotatable bonds is 1. The zero-order valence-electron chi connectivity index (χ0n) is 9.60. The van der Waals surface area contributed by atoms with Crippen molar-refractivity contribution in [2.45, 2.75) is 20.3 Å². The monoisotopic (exact) mass is 220 g/mol. The summed E-state index contributed by atoms with van der Waals surface area (Å²) in [5.41, 5.74) is 6.03. The van der Waals surface area contributed by atoms with Gasteiger partial charge in [-0.3, -0.25) is 9.78 Å². The predicted molar refractivity (Wildman–Crippen MR) is 60.7 cm³/mol. The second-order valence-corrected chi connectivity index (χ2v) is 4.97. The summed E-state index contributed by atoms with van der Waals surface area (Å²) in [6, 6.07) is 0. The molecule has 0 radical (unpaired) electrons. The highest BCUT2D eigenvalue weighted by atomic mass is 16.2. The Kier molecular flexibility index (Phi) is 2.53. The molecule has 0 aromatic carbocycles. The second kappa shape index (κ2) is 3.73. The summed E-state index contributed by atoms with van der Waals surface area (Å²) in [7, 11) is 0. The van der Waals surface area contributed by atoms with Gasteiger partial charge in [0, 0.05) is 13.1 Å². The molecule has 0 unspecified atom stereocenters. The average molecular weight is 220 g/mol. The number of nitrogens with zero attached hydrogens (tertiary/aromatic N) is 3. The molecule has 2 rings (SSSR count). The molecular weight excluding hydrogens is 204 g/mol. The number of anilines is 1. The molecule has 0 aliphatic carbocycles. The smallest absolute Gasteiger partial charge is 0.274 e. The van der Waals surface area contributed by atoms with Crippen molar-refractivity contribution >= 4 is 11.7 Å². The fourth-order valence-electron chi connectivity index (χ4n) is 1.93. The normalized spacial score (nSPS) is 18.8. The molecule has 1 amide bonds. The van der Waals surface area contributed by atoms with Crippen LogP contribution in [0.2, 0.25) is 0 Å². The van der Waals surface area contributed by atoms with E-state index in [4.69, 9.17) is 5.73 Å². The van der Waals surface area contributed by atoms with Gasteiger partial charge in [0.2, 0.25) is 0 Å². The molecule has 16 heavy (non-hydrogen) atoms. The van der Waals surface area contributed by atoms with Gasteiger partial charge in [-0.2, -0.15) is 0 Å². The topological polar surface area (TPSA) is 72.1 Å². The minimum absolute atomic E-state index is 0.0784. The van der Waals surface area contributed by atoms with E-state index in [2.05, 4.69) is 23.8 Å². The largest absolute Gasteiger partial charge is 0.382 e. The first-order valence-corrected chi connectivity index (χ1v) is 5.35. The first-order chi connectivity index (χ1) is 7.48. The average Bonchev–Trinajstić information content (AvgIpc) is 2.58. The third kappa shape index (κ3) is 2.13. The van der Waals surface area contributed by atoms with Crippen molar-refractivity contribution in [3.63, 3.8) is 0 Å². The molecule has 1 saturated heterocycles. The van der Waals surface area contributed by atoms with Crippen LogP contribution in [0.15, 0.2) is 12.4 Å². The number of carbonyl (C=O) groups excluding carboxylic acids is 1. The minimum atomic E-state index is -0.0784. The van der Waals surface area contributed by atoms with E-state index in [1.165, 1.54) is 12.4 Å². The number of nitrogen functional groups attached to an aromatic ring is 1. The quantitative estimate of drug-likeness (QED) is 0.764. The number of hydrogen-bond acceptors (Lipinski definition) is 4. The van der Waals surface area contributed by atoms with Crippen LogP contribution in [0, 0.1) is 5.41 Å². The summed E-state index contributed by atoms with van der Waals surface area (Å²) in [6.45, 7) is 5.86. The molecule has 5 nitrogen and oxygen atoms in total. The predicted octanol–water partition coefficient (Wildman–Crippen LogP) is 0.931. The number of carbonyl (C=O) groups is 1. The molecule has 1 fully saturated rings. The van der Waals surface area contributed by atoms with E-state index < -0.39 is 0 Å². The molecule has 0 saturated carbocycles. The van der Waals surface area contributed by atoms with Crippen LogP contribution < -0.4 is 5.73 Å².